The van der Waals surface area contributed by atoms with Crippen molar-refractivity contribution >= 4 is 17.6 Å². The maximum Gasteiger partial charge on any atom is 0.310 e. The second-order valence-corrected chi connectivity index (χ2v) is 3.37. The fraction of sp³-hybridized carbons (Fsp3) is 0.273. The van der Waals surface area contributed by atoms with Crippen LogP contribution in [0.1, 0.15) is 16.7 Å². The Kier molecular flexibility index (Phi) is 4.27. The number of carbonyl (C=O) groups excluding carboxylic acids is 1. The van der Waals surface area contributed by atoms with Crippen LogP contribution in [0.2, 0.25) is 0 Å². The minimum absolute atomic E-state index is 0.0946. The molecule has 0 spiro atoms. The van der Waals surface area contributed by atoms with Gasteiger partial charge in [-0.1, -0.05) is 0 Å². The third-order valence-electron chi connectivity index (χ3n) is 2.10. The van der Waals surface area contributed by atoms with Crippen LogP contribution in [0.5, 0.6) is 0 Å². The summed E-state index contributed by atoms with van der Waals surface area (Å²) in [6.45, 7) is 0. The van der Waals surface area contributed by atoms with Crippen molar-refractivity contribution in [3.63, 3.8) is 0 Å². The molecule has 1 rings (SSSR count). The Labute approximate surface area is 97.4 Å². The monoisotopic (exact) mass is 241 g/mol. The summed E-state index contributed by atoms with van der Waals surface area (Å²) >= 11 is 5.62. The molecule has 0 aliphatic carbocycles. The molecule has 0 atom stereocenters. The molecule has 5 heteroatoms. The fourth-order valence-corrected chi connectivity index (χ4v) is 1.47. The van der Waals surface area contributed by atoms with Crippen LogP contribution < -0.4 is 0 Å². The maximum atomic E-state index is 13.4. The van der Waals surface area contributed by atoms with Crippen molar-refractivity contribution in [2.45, 2.75) is 12.3 Å². The van der Waals surface area contributed by atoms with Gasteiger partial charge in [-0.3, -0.25) is 4.79 Å². The van der Waals surface area contributed by atoms with Crippen molar-refractivity contribution in [3.8, 4) is 6.07 Å². The van der Waals surface area contributed by atoms with E-state index in [1.54, 1.807) is 0 Å². The molecule has 0 amide bonds. The molecule has 1 aromatic rings. The molecule has 0 bridgehead atoms. The number of methoxy groups -OCH3 is 1. The van der Waals surface area contributed by atoms with Crippen molar-refractivity contribution in [3.05, 3.63) is 34.6 Å². The highest BCUT2D eigenvalue weighted by molar-refractivity contribution is 6.17. The van der Waals surface area contributed by atoms with E-state index in [0.29, 0.717) is 5.56 Å². The highest BCUT2D eigenvalue weighted by Gasteiger charge is 2.12. The molecule has 0 saturated heterocycles. The van der Waals surface area contributed by atoms with E-state index in [9.17, 15) is 9.18 Å². The molecule has 0 aliphatic heterocycles. The van der Waals surface area contributed by atoms with Crippen LogP contribution in [-0.2, 0) is 21.8 Å². The van der Waals surface area contributed by atoms with Crippen LogP contribution in [0.15, 0.2) is 12.1 Å². The molecule has 0 aromatic heterocycles. The number of hydrogen-bond donors (Lipinski definition) is 0. The van der Waals surface area contributed by atoms with Crippen molar-refractivity contribution in [2.24, 2.45) is 0 Å². The lowest BCUT2D eigenvalue weighted by atomic mass is 10.0. The molecule has 1 aromatic carbocycles. The van der Waals surface area contributed by atoms with E-state index in [2.05, 4.69) is 4.74 Å². The van der Waals surface area contributed by atoms with Gasteiger partial charge in [0.1, 0.15) is 5.82 Å². The quantitative estimate of drug-likeness (QED) is 0.602. The van der Waals surface area contributed by atoms with Gasteiger partial charge in [-0.2, -0.15) is 5.26 Å². The molecule has 0 unspecified atom stereocenters. The number of benzene rings is 1. The number of ether oxygens (including phenoxy) is 1. The van der Waals surface area contributed by atoms with Crippen LogP contribution in [-0.4, -0.2) is 13.1 Å². The Morgan fingerprint density at radius 3 is 2.75 bits per heavy atom. The SMILES string of the molecule is COC(=O)Cc1cc(CCl)c(C#N)cc1F. The zero-order valence-electron chi connectivity index (χ0n) is 8.59. The van der Waals surface area contributed by atoms with E-state index >= 15 is 0 Å². The summed E-state index contributed by atoms with van der Waals surface area (Å²) in [5.74, 6) is -1.04. The molecular weight excluding hydrogens is 233 g/mol. The minimum atomic E-state index is -0.601. The third-order valence-corrected chi connectivity index (χ3v) is 2.39. The molecule has 84 valence electrons. The Bertz CT molecular complexity index is 454. The zero-order chi connectivity index (χ0) is 12.1. The Morgan fingerprint density at radius 1 is 1.56 bits per heavy atom. The van der Waals surface area contributed by atoms with Crippen LogP contribution >= 0.6 is 11.6 Å². The number of carbonyl (C=O) groups is 1. The molecule has 0 heterocycles. The van der Waals surface area contributed by atoms with Gasteiger partial charge in [0.25, 0.3) is 0 Å². The standard InChI is InChI=1S/C11H9ClFNO2/c1-16-11(15)4-7-2-8(5-12)9(6-14)3-10(7)13/h2-3H,4-5H2,1H3. The van der Waals surface area contributed by atoms with Gasteiger partial charge < -0.3 is 4.74 Å². The molecule has 0 aliphatic rings. The van der Waals surface area contributed by atoms with Gasteiger partial charge in [-0.25, -0.2) is 4.39 Å². The van der Waals surface area contributed by atoms with Gasteiger partial charge in [-0.05, 0) is 23.3 Å². The van der Waals surface area contributed by atoms with Crippen molar-refractivity contribution in [1.29, 1.82) is 5.26 Å². The smallest absolute Gasteiger partial charge is 0.310 e. The predicted molar refractivity (Wildman–Crippen MR) is 56.4 cm³/mol. The Morgan fingerprint density at radius 2 is 2.25 bits per heavy atom. The van der Waals surface area contributed by atoms with Crippen molar-refractivity contribution in [1.82, 2.24) is 0 Å². The normalized spacial score (nSPS) is 9.62. The van der Waals surface area contributed by atoms with Crippen molar-refractivity contribution in [2.75, 3.05) is 7.11 Å². The van der Waals surface area contributed by atoms with Gasteiger partial charge in [0.05, 0.1) is 25.2 Å². The summed E-state index contributed by atoms with van der Waals surface area (Å²) in [4.78, 5) is 11.0. The van der Waals surface area contributed by atoms with E-state index in [1.165, 1.54) is 13.2 Å². The van der Waals surface area contributed by atoms with Crippen molar-refractivity contribution < 1.29 is 13.9 Å². The molecule has 0 fully saturated rings. The van der Waals surface area contributed by atoms with Crippen LogP contribution in [0.4, 0.5) is 4.39 Å². The van der Waals surface area contributed by atoms with E-state index in [4.69, 9.17) is 16.9 Å². The summed E-state index contributed by atoms with van der Waals surface area (Å²) in [6.07, 6.45) is -0.169. The average molecular weight is 242 g/mol. The summed E-state index contributed by atoms with van der Waals surface area (Å²) in [5, 5.41) is 8.73. The highest BCUT2D eigenvalue weighted by atomic mass is 35.5. The first kappa shape index (κ1) is 12.5. The summed E-state index contributed by atoms with van der Waals surface area (Å²) in [6, 6.07) is 4.34. The number of hydrogen-bond acceptors (Lipinski definition) is 3. The molecule has 0 saturated carbocycles. The van der Waals surface area contributed by atoms with Crippen LogP contribution in [0, 0.1) is 17.1 Å². The van der Waals surface area contributed by atoms with Crippen LogP contribution in [0.25, 0.3) is 0 Å². The molecular formula is C11H9ClFNO2. The second-order valence-electron chi connectivity index (χ2n) is 3.10. The number of nitriles is 1. The predicted octanol–water partition coefficient (Wildman–Crippen LogP) is 2.15. The van der Waals surface area contributed by atoms with E-state index in [1.807, 2.05) is 6.07 Å². The largest absolute Gasteiger partial charge is 0.469 e. The Hall–Kier alpha value is -1.60. The number of nitrogens with zero attached hydrogens (tertiary/aromatic N) is 1. The third kappa shape index (κ3) is 2.71. The van der Waals surface area contributed by atoms with E-state index in [-0.39, 0.29) is 23.4 Å². The highest BCUT2D eigenvalue weighted by Crippen LogP contribution is 2.18. The topological polar surface area (TPSA) is 50.1 Å². The zero-order valence-corrected chi connectivity index (χ0v) is 9.34. The first-order valence-corrected chi connectivity index (χ1v) is 5.00. The molecule has 0 N–H and O–H groups in total. The molecule has 3 nitrogen and oxygen atoms in total. The Balaban J connectivity index is 3.12. The van der Waals surface area contributed by atoms with Crippen LogP contribution in [0.3, 0.4) is 0 Å². The summed E-state index contributed by atoms with van der Waals surface area (Å²) < 4.78 is 17.9. The van der Waals surface area contributed by atoms with Gasteiger partial charge in [0.15, 0.2) is 0 Å². The fourth-order valence-electron chi connectivity index (χ4n) is 1.25. The number of halogens is 2. The number of alkyl halides is 1. The molecule has 16 heavy (non-hydrogen) atoms. The first-order chi connectivity index (χ1) is 7.62. The van der Waals surface area contributed by atoms with Gasteiger partial charge in [0.2, 0.25) is 0 Å². The first-order valence-electron chi connectivity index (χ1n) is 4.46. The lowest BCUT2D eigenvalue weighted by Crippen LogP contribution is -2.07. The maximum absolute atomic E-state index is 13.4. The lowest BCUT2D eigenvalue weighted by molar-refractivity contribution is -0.139. The lowest BCUT2D eigenvalue weighted by Gasteiger charge is -2.06. The number of esters is 1. The van der Waals surface area contributed by atoms with Gasteiger partial charge in [-0.15, -0.1) is 11.6 Å². The van der Waals surface area contributed by atoms with Gasteiger partial charge >= 0.3 is 5.97 Å². The van der Waals surface area contributed by atoms with Gasteiger partial charge in [0, 0.05) is 5.88 Å². The minimum Gasteiger partial charge on any atom is -0.469 e. The summed E-state index contributed by atoms with van der Waals surface area (Å²) in [7, 11) is 1.23. The summed E-state index contributed by atoms with van der Waals surface area (Å²) in [5.41, 5.74) is 0.868. The van der Waals surface area contributed by atoms with E-state index in [0.717, 1.165) is 6.07 Å². The van der Waals surface area contributed by atoms with E-state index < -0.39 is 11.8 Å². The molecule has 0 radical (unpaired) electrons. The average Bonchev–Trinajstić information content (AvgIpc) is 2.30. The second kappa shape index (κ2) is 5.47. The number of rotatable bonds is 3.